The zero-order valence-electron chi connectivity index (χ0n) is 21.6. The zero-order valence-corrected chi connectivity index (χ0v) is 21.6. The standard InChI is InChI=1S/C32H32N6/c1-26-11-10-12-27(21-26)32(37(22-28-13-2-6-17-33-28)23-29-14-3-7-18-34-29)38(24-30-15-4-8-19-35-30)25-31-16-5-9-20-36-31/h2-21,32H,22-25H2,1H3. The van der Waals surface area contributed by atoms with Crippen LogP contribution in [0.1, 0.15) is 40.1 Å². The van der Waals surface area contributed by atoms with Crippen molar-refractivity contribution in [2.75, 3.05) is 0 Å². The van der Waals surface area contributed by atoms with Crippen LogP contribution < -0.4 is 0 Å². The molecule has 4 heterocycles. The lowest BCUT2D eigenvalue weighted by Gasteiger charge is -2.40. The summed E-state index contributed by atoms with van der Waals surface area (Å²) >= 11 is 0. The maximum Gasteiger partial charge on any atom is 0.0900 e. The van der Waals surface area contributed by atoms with Gasteiger partial charge in [-0.3, -0.25) is 29.7 Å². The second-order valence-electron chi connectivity index (χ2n) is 9.38. The molecule has 0 atom stereocenters. The van der Waals surface area contributed by atoms with Gasteiger partial charge in [-0.25, -0.2) is 0 Å². The summed E-state index contributed by atoms with van der Waals surface area (Å²) in [4.78, 5) is 23.6. The molecule has 6 nitrogen and oxygen atoms in total. The molecule has 4 aromatic heterocycles. The van der Waals surface area contributed by atoms with Crippen LogP contribution in [0.15, 0.2) is 122 Å². The average Bonchev–Trinajstić information content (AvgIpc) is 2.95. The van der Waals surface area contributed by atoms with Gasteiger partial charge in [-0.05, 0) is 61.0 Å². The number of benzene rings is 1. The molecule has 5 aromatic rings. The smallest absolute Gasteiger partial charge is 0.0900 e. The minimum atomic E-state index is -0.0806. The van der Waals surface area contributed by atoms with Crippen molar-refractivity contribution >= 4 is 0 Å². The SMILES string of the molecule is Cc1cccc(C(N(Cc2ccccn2)Cc2ccccn2)N(Cc2ccccn2)Cc2ccccn2)c1. The maximum absolute atomic E-state index is 4.68. The maximum atomic E-state index is 4.68. The van der Waals surface area contributed by atoms with E-state index in [1.807, 2.05) is 73.3 Å². The highest BCUT2D eigenvalue weighted by molar-refractivity contribution is 5.26. The van der Waals surface area contributed by atoms with Gasteiger partial charge in [0, 0.05) is 51.0 Å². The Morgan fingerprint density at radius 1 is 0.500 bits per heavy atom. The van der Waals surface area contributed by atoms with Gasteiger partial charge in [-0.2, -0.15) is 0 Å². The van der Waals surface area contributed by atoms with Crippen LogP contribution in [0.3, 0.4) is 0 Å². The molecule has 0 bridgehead atoms. The molecule has 5 rings (SSSR count). The van der Waals surface area contributed by atoms with Crippen molar-refractivity contribution < 1.29 is 0 Å². The highest BCUT2D eigenvalue weighted by Crippen LogP contribution is 2.31. The van der Waals surface area contributed by atoms with Crippen LogP contribution in [-0.4, -0.2) is 29.7 Å². The van der Waals surface area contributed by atoms with Crippen molar-refractivity contribution in [3.05, 3.63) is 156 Å². The third-order valence-electron chi connectivity index (χ3n) is 6.40. The molecule has 0 unspecified atom stereocenters. The summed E-state index contributed by atoms with van der Waals surface area (Å²) in [5, 5.41) is 0. The van der Waals surface area contributed by atoms with E-state index >= 15 is 0 Å². The minimum absolute atomic E-state index is 0.0806. The third kappa shape index (κ3) is 6.94. The molecule has 0 radical (unpaired) electrons. The van der Waals surface area contributed by atoms with Crippen LogP contribution >= 0.6 is 0 Å². The molecule has 38 heavy (non-hydrogen) atoms. The van der Waals surface area contributed by atoms with Crippen LogP contribution in [0.4, 0.5) is 0 Å². The summed E-state index contributed by atoms with van der Waals surface area (Å²) in [7, 11) is 0. The lowest BCUT2D eigenvalue weighted by Crippen LogP contribution is -2.41. The van der Waals surface area contributed by atoms with E-state index < -0.39 is 0 Å². The second kappa shape index (κ2) is 12.8. The van der Waals surface area contributed by atoms with Crippen LogP contribution in [0.5, 0.6) is 0 Å². The van der Waals surface area contributed by atoms with E-state index in [-0.39, 0.29) is 6.17 Å². The van der Waals surface area contributed by atoms with E-state index in [1.54, 1.807) is 0 Å². The number of aromatic nitrogens is 4. The van der Waals surface area contributed by atoms with E-state index in [1.165, 1.54) is 11.1 Å². The largest absolute Gasteiger partial charge is 0.272 e. The number of rotatable bonds is 11. The molecule has 1 aromatic carbocycles. The summed E-state index contributed by atoms with van der Waals surface area (Å²) in [6.07, 6.45) is 7.35. The molecule has 0 aliphatic heterocycles. The predicted octanol–water partition coefficient (Wildman–Crippen LogP) is 5.98. The summed E-state index contributed by atoms with van der Waals surface area (Å²) in [5.41, 5.74) is 6.48. The highest BCUT2D eigenvalue weighted by Gasteiger charge is 2.29. The van der Waals surface area contributed by atoms with Gasteiger partial charge in [0.15, 0.2) is 0 Å². The number of pyridine rings is 4. The summed E-state index contributed by atoms with van der Waals surface area (Å²) < 4.78 is 0. The van der Waals surface area contributed by atoms with Crippen molar-refractivity contribution in [3.63, 3.8) is 0 Å². The van der Waals surface area contributed by atoms with Crippen LogP contribution in [0, 0.1) is 6.92 Å². The van der Waals surface area contributed by atoms with Crippen LogP contribution in [0.25, 0.3) is 0 Å². The van der Waals surface area contributed by atoms with Crippen molar-refractivity contribution in [1.29, 1.82) is 0 Å². The van der Waals surface area contributed by atoms with Crippen LogP contribution in [-0.2, 0) is 26.2 Å². The lowest BCUT2D eigenvalue weighted by atomic mass is 10.1. The molecule has 0 aliphatic carbocycles. The Bertz CT molecular complexity index is 1210. The Labute approximate surface area is 224 Å². The molecule has 6 heteroatoms. The van der Waals surface area contributed by atoms with E-state index in [0.29, 0.717) is 26.2 Å². The first-order valence-corrected chi connectivity index (χ1v) is 12.9. The van der Waals surface area contributed by atoms with Crippen molar-refractivity contribution in [2.24, 2.45) is 0 Å². The molecule has 0 amide bonds. The predicted molar refractivity (Wildman–Crippen MR) is 149 cm³/mol. The number of hydrogen-bond donors (Lipinski definition) is 0. The van der Waals surface area contributed by atoms with Gasteiger partial charge in [-0.1, -0.05) is 54.1 Å². The highest BCUT2D eigenvalue weighted by atomic mass is 15.4. The summed E-state index contributed by atoms with van der Waals surface area (Å²) in [6.45, 7) is 4.80. The molecule has 0 aliphatic rings. The average molecular weight is 501 g/mol. The van der Waals surface area contributed by atoms with Gasteiger partial charge < -0.3 is 0 Å². The summed E-state index contributed by atoms with van der Waals surface area (Å²) in [6, 6.07) is 33.1. The Kier molecular flexibility index (Phi) is 8.56. The number of aryl methyl sites for hydroxylation is 1. The second-order valence-corrected chi connectivity index (χ2v) is 9.38. The normalized spacial score (nSPS) is 11.4. The van der Waals surface area contributed by atoms with Gasteiger partial charge in [0.25, 0.3) is 0 Å². The molecule has 0 saturated carbocycles. The van der Waals surface area contributed by atoms with E-state index in [4.69, 9.17) is 0 Å². The molecular weight excluding hydrogens is 468 g/mol. The fraction of sp³-hybridized carbons (Fsp3) is 0.188. The molecule has 0 fully saturated rings. The molecular formula is C32H32N6. The van der Waals surface area contributed by atoms with Crippen molar-refractivity contribution in [3.8, 4) is 0 Å². The van der Waals surface area contributed by atoms with Crippen molar-refractivity contribution in [2.45, 2.75) is 39.3 Å². The summed E-state index contributed by atoms with van der Waals surface area (Å²) in [5.74, 6) is 0. The van der Waals surface area contributed by atoms with E-state index in [0.717, 1.165) is 22.8 Å². The first-order chi connectivity index (χ1) is 18.7. The molecule has 0 saturated heterocycles. The zero-order chi connectivity index (χ0) is 26.0. The Morgan fingerprint density at radius 3 is 1.21 bits per heavy atom. The first kappa shape index (κ1) is 25.4. The van der Waals surface area contributed by atoms with Gasteiger partial charge in [-0.15, -0.1) is 0 Å². The van der Waals surface area contributed by atoms with Crippen molar-refractivity contribution in [1.82, 2.24) is 29.7 Å². The fourth-order valence-corrected chi connectivity index (χ4v) is 4.74. The topological polar surface area (TPSA) is 58.0 Å². The molecule has 0 spiro atoms. The monoisotopic (exact) mass is 500 g/mol. The van der Waals surface area contributed by atoms with Gasteiger partial charge in [0.1, 0.15) is 0 Å². The van der Waals surface area contributed by atoms with Gasteiger partial charge >= 0.3 is 0 Å². The molecule has 190 valence electrons. The number of hydrogen-bond acceptors (Lipinski definition) is 6. The fourth-order valence-electron chi connectivity index (χ4n) is 4.74. The number of nitrogens with zero attached hydrogens (tertiary/aromatic N) is 6. The third-order valence-corrected chi connectivity index (χ3v) is 6.40. The van der Waals surface area contributed by atoms with Crippen LogP contribution in [0.2, 0.25) is 0 Å². The van der Waals surface area contributed by atoms with E-state index in [9.17, 15) is 0 Å². The van der Waals surface area contributed by atoms with Gasteiger partial charge in [0.2, 0.25) is 0 Å². The minimum Gasteiger partial charge on any atom is -0.272 e. The Balaban J connectivity index is 1.61. The first-order valence-electron chi connectivity index (χ1n) is 12.9. The Hall–Kier alpha value is -4.26. The Morgan fingerprint density at radius 2 is 0.895 bits per heavy atom. The quantitative estimate of drug-likeness (QED) is 0.208. The van der Waals surface area contributed by atoms with E-state index in [2.05, 4.69) is 85.2 Å². The lowest BCUT2D eigenvalue weighted by molar-refractivity contribution is 0.0130. The molecule has 0 N–H and O–H groups in total. The van der Waals surface area contributed by atoms with Gasteiger partial charge in [0.05, 0.1) is 28.9 Å².